The number of amides is 1. The van der Waals surface area contributed by atoms with Crippen LogP contribution in [0.1, 0.15) is 28.8 Å². The van der Waals surface area contributed by atoms with Gasteiger partial charge in [0.15, 0.2) is 0 Å². The maximum atomic E-state index is 12.2. The van der Waals surface area contributed by atoms with Gasteiger partial charge in [-0.15, -0.1) is 6.58 Å². The number of nitrogens with one attached hydrogen (secondary N) is 1. The number of nitrogens with zero attached hydrogens (tertiary/aromatic N) is 3. The van der Waals surface area contributed by atoms with Gasteiger partial charge in [0.05, 0.1) is 5.69 Å². The molecule has 23 heavy (non-hydrogen) atoms. The van der Waals surface area contributed by atoms with Crippen molar-refractivity contribution in [2.75, 3.05) is 0 Å². The Balaban J connectivity index is 2.14. The Labute approximate surface area is 133 Å². The second-order valence-corrected chi connectivity index (χ2v) is 5.07. The van der Waals surface area contributed by atoms with Crippen molar-refractivity contribution in [3.63, 3.8) is 0 Å². The van der Waals surface area contributed by atoms with Crippen LogP contribution in [0, 0.1) is 6.92 Å². The van der Waals surface area contributed by atoms with E-state index in [1.54, 1.807) is 35.3 Å². The van der Waals surface area contributed by atoms with Gasteiger partial charge in [-0.25, -0.2) is 14.5 Å². The Morgan fingerprint density at radius 3 is 2.83 bits per heavy atom. The zero-order valence-corrected chi connectivity index (χ0v) is 12.8. The van der Waals surface area contributed by atoms with E-state index in [2.05, 4.69) is 22.0 Å². The molecule has 1 aromatic carbocycles. The minimum absolute atomic E-state index is 0.306. The number of aromatic nitrogens is 3. The highest BCUT2D eigenvalue weighted by atomic mass is 16.4. The molecule has 7 heteroatoms. The number of aliphatic carboxylic acids is 1. The standard InChI is InChI=1S/C16H18N4O3/c1-3-4-5-13(16(22)23)19-15(21)12-6-7-14(11(2)8-12)20-10-17-9-18-20/h3,6-10,13H,1,4-5H2,2H3,(H,19,21)(H,22,23). The second-order valence-electron chi connectivity index (χ2n) is 5.07. The van der Waals surface area contributed by atoms with E-state index in [-0.39, 0.29) is 0 Å². The predicted molar refractivity (Wildman–Crippen MR) is 84.4 cm³/mol. The van der Waals surface area contributed by atoms with Crippen LogP contribution in [0.25, 0.3) is 5.69 Å². The quantitative estimate of drug-likeness (QED) is 0.759. The van der Waals surface area contributed by atoms with Gasteiger partial charge in [-0.3, -0.25) is 4.79 Å². The van der Waals surface area contributed by atoms with Crippen LogP contribution in [0.3, 0.4) is 0 Å². The first-order chi connectivity index (χ1) is 11.0. The van der Waals surface area contributed by atoms with Gasteiger partial charge in [0, 0.05) is 5.56 Å². The summed E-state index contributed by atoms with van der Waals surface area (Å²) in [7, 11) is 0. The van der Waals surface area contributed by atoms with E-state index in [0.29, 0.717) is 18.4 Å². The molecule has 0 saturated carbocycles. The molecule has 2 aromatic rings. The smallest absolute Gasteiger partial charge is 0.326 e. The summed E-state index contributed by atoms with van der Waals surface area (Å²) >= 11 is 0. The van der Waals surface area contributed by atoms with Gasteiger partial charge < -0.3 is 10.4 Å². The molecule has 0 spiro atoms. The van der Waals surface area contributed by atoms with Gasteiger partial charge >= 0.3 is 5.97 Å². The Hall–Kier alpha value is -2.96. The Morgan fingerprint density at radius 2 is 2.26 bits per heavy atom. The van der Waals surface area contributed by atoms with E-state index < -0.39 is 17.9 Å². The number of rotatable bonds is 7. The lowest BCUT2D eigenvalue weighted by Crippen LogP contribution is -2.40. The van der Waals surface area contributed by atoms with Crippen molar-refractivity contribution in [3.8, 4) is 5.69 Å². The number of allylic oxidation sites excluding steroid dienone is 1. The minimum Gasteiger partial charge on any atom is -0.480 e. The van der Waals surface area contributed by atoms with E-state index in [4.69, 9.17) is 5.11 Å². The molecule has 0 aliphatic carbocycles. The predicted octanol–water partition coefficient (Wildman–Crippen LogP) is 1.72. The van der Waals surface area contributed by atoms with E-state index in [0.717, 1.165) is 11.3 Å². The molecule has 2 N–H and O–H groups in total. The average Bonchev–Trinajstić information content (AvgIpc) is 3.04. The molecule has 120 valence electrons. The number of aryl methyl sites for hydroxylation is 1. The number of hydrogen-bond donors (Lipinski definition) is 2. The van der Waals surface area contributed by atoms with Crippen molar-refractivity contribution >= 4 is 11.9 Å². The Morgan fingerprint density at radius 1 is 1.48 bits per heavy atom. The van der Waals surface area contributed by atoms with Crippen LogP contribution >= 0.6 is 0 Å². The molecule has 1 aromatic heterocycles. The molecule has 0 fully saturated rings. The lowest BCUT2D eigenvalue weighted by atomic mass is 10.1. The molecular weight excluding hydrogens is 296 g/mol. The van der Waals surface area contributed by atoms with Crippen molar-refractivity contribution in [1.29, 1.82) is 0 Å². The summed E-state index contributed by atoms with van der Waals surface area (Å²) in [5, 5.41) is 15.7. The summed E-state index contributed by atoms with van der Waals surface area (Å²) in [6.07, 6.45) is 5.44. The first-order valence-electron chi connectivity index (χ1n) is 7.13. The Kier molecular flexibility index (Phi) is 5.24. The molecule has 0 saturated heterocycles. The van der Waals surface area contributed by atoms with Crippen molar-refractivity contribution in [3.05, 3.63) is 54.6 Å². The number of carboxylic acid groups (broad SMARTS) is 1. The summed E-state index contributed by atoms with van der Waals surface area (Å²) in [5.41, 5.74) is 2.04. The second kappa shape index (κ2) is 7.35. The van der Waals surface area contributed by atoms with E-state index >= 15 is 0 Å². The normalized spacial score (nSPS) is 11.7. The van der Waals surface area contributed by atoms with Crippen molar-refractivity contribution in [2.24, 2.45) is 0 Å². The highest BCUT2D eigenvalue weighted by molar-refractivity contribution is 5.97. The van der Waals surface area contributed by atoms with Crippen LogP contribution in [0.2, 0.25) is 0 Å². The van der Waals surface area contributed by atoms with Crippen LogP contribution in [0.5, 0.6) is 0 Å². The number of carbonyl (C=O) groups excluding carboxylic acids is 1. The van der Waals surface area contributed by atoms with Crippen LogP contribution in [0.15, 0.2) is 43.5 Å². The highest BCUT2D eigenvalue weighted by Crippen LogP contribution is 2.15. The fraction of sp³-hybridized carbons (Fsp3) is 0.250. The molecule has 0 aliphatic heterocycles. The van der Waals surface area contributed by atoms with Crippen LogP contribution in [-0.2, 0) is 4.79 Å². The van der Waals surface area contributed by atoms with Gasteiger partial charge in [-0.2, -0.15) is 5.10 Å². The third kappa shape index (κ3) is 4.03. The Bertz CT molecular complexity index is 710. The lowest BCUT2D eigenvalue weighted by Gasteiger charge is -2.14. The van der Waals surface area contributed by atoms with E-state index in [9.17, 15) is 9.59 Å². The zero-order valence-electron chi connectivity index (χ0n) is 12.8. The van der Waals surface area contributed by atoms with E-state index in [1.165, 1.54) is 6.33 Å². The molecule has 0 radical (unpaired) electrons. The molecule has 7 nitrogen and oxygen atoms in total. The molecule has 0 bridgehead atoms. The number of benzene rings is 1. The lowest BCUT2D eigenvalue weighted by molar-refractivity contribution is -0.139. The third-order valence-corrected chi connectivity index (χ3v) is 3.39. The fourth-order valence-corrected chi connectivity index (χ4v) is 2.17. The topological polar surface area (TPSA) is 97.1 Å². The van der Waals surface area contributed by atoms with Gasteiger partial charge in [0.25, 0.3) is 5.91 Å². The van der Waals surface area contributed by atoms with Gasteiger partial charge in [0.2, 0.25) is 0 Å². The number of carboxylic acids is 1. The average molecular weight is 314 g/mol. The summed E-state index contributed by atoms with van der Waals surface area (Å²) in [5.74, 6) is -1.48. The first kappa shape index (κ1) is 16.4. The minimum atomic E-state index is -1.06. The zero-order chi connectivity index (χ0) is 16.8. The first-order valence-corrected chi connectivity index (χ1v) is 7.13. The molecule has 1 atom stereocenters. The van der Waals surface area contributed by atoms with Crippen molar-refractivity contribution < 1.29 is 14.7 Å². The summed E-state index contributed by atoms with van der Waals surface area (Å²) in [4.78, 5) is 27.3. The summed E-state index contributed by atoms with van der Waals surface area (Å²) < 4.78 is 1.60. The summed E-state index contributed by atoms with van der Waals surface area (Å²) in [6, 6.07) is 4.14. The molecule has 1 amide bonds. The summed E-state index contributed by atoms with van der Waals surface area (Å²) in [6.45, 7) is 5.40. The molecule has 1 unspecified atom stereocenters. The molecule has 0 aliphatic rings. The van der Waals surface area contributed by atoms with Crippen molar-refractivity contribution in [2.45, 2.75) is 25.8 Å². The van der Waals surface area contributed by atoms with E-state index in [1.807, 2.05) is 6.92 Å². The van der Waals surface area contributed by atoms with Crippen LogP contribution in [-0.4, -0.2) is 37.8 Å². The largest absolute Gasteiger partial charge is 0.480 e. The highest BCUT2D eigenvalue weighted by Gasteiger charge is 2.20. The van der Waals surface area contributed by atoms with Crippen LogP contribution < -0.4 is 5.32 Å². The maximum absolute atomic E-state index is 12.2. The molecule has 1 heterocycles. The monoisotopic (exact) mass is 314 g/mol. The van der Waals surface area contributed by atoms with Gasteiger partial charge in [-0.05, 0) is 43.5 Å². The SMILES string of the molecule is C=CCCC(NC(=O)c1ccc(-n2cncn2)c(C)c1)C(=O)O. The van der Waals surface area contributed by atoms with Gasteiger partial charge in [0.1, 0.15) is 18.7 Å². The number of hydrogen-bond acceptors (Lipinski definition) is 4. The van der Waals surface area contributed by atoms with Crippen molar-refractivity contribution in [1.82, 2.24) is 20.1 Å². The van der Waals surface area contributed by atoms with Gasteiger partial charge in [-0.1, -0.05) is 6.08 Å². The maximum Gasteiger partial charge on any atom is 0.326 e. The third-order valence-electron chi connectivity index (χ3n) is 3.39. The number of carbonyl (C=O) groups is 2. The molecular formula is C16H18N4O3. The molecule has 2 rings (SSSR count). The fourth-order valence-electron chi connectivity index (χ4n) is 2.17. The van der Waals surface area contributed by atoms with Crippen LogP contribution in [0.4, 0.5) is 0 Å².